The Morgan fingerprint density at radius 3 is 2.56 bits per heavy atom. The number of carbonyl (C=O) groups excluding carboxylic acids is 2. The summed E-state index contributed by atoms with van der Waals surface area (Å²) in [6.07, 6.45) is 5.29. The molecule has 1 heterocycles. The molecule has 7 heteroatoms. The van der Waals surface area contributed by atoms with Crippen LogP contribution in [-0.4, -0.2) is 25.2 Å². The zero-order chi connectivity index (χ0) is 23.3. The van der Waals surface area contributed by atoms with Crippen LogP contribution in [0, 0.1) is 26.2 Å². The number of hydrogen-bond acceptors (Lipinski definition) is 4. The molecule has 166 valence electrons. The van der Waals surface area contributed by atoms with Gasteiger partial charge in [0.15, 0.2) is 11.5 Å². The van der Waals surface area contributed by atoms with E-state index < -0.39 is 6.04 Å². The Morgan fingerprint density at radius 2 is 1.88 bits per heavy atom. The van der Waals surface area contributed by atoms with E-state index in [4.69, 9.17) is 15.9 Å². The van der Waals surface area contributed by atoms with Gasteiger partial charge in [-0.15, -0.1) is 6.42 Å². The van der Waals surface area contributed by atoms with Crippen molar-refractivity contribution in [2.24, 2.45) is 0 Å². The minimum absolute atomic E-state index is 0.103. The van der Waals surface area contributed by atoms with Gasteiger partial charge in [-0.3, -0.25) is 4.79 Å². The quantitative estimate of drug-likeness (QED) is 0.577. The maximum Gasteiger partial charge on any atom is 0.319 e. The fraction of sp³-hybridized carbons (Fsp3) is 0.280. The van der Waals surface area contributed by atoms with Crippen molar-refractivity contribution in [3.63, 3.8) is 0 Å². The number of amides is 3. The van der Waals surface area contributed by atoms with Crippen molar-refractivity contribution in [2.45, 2.75) is 33.7 Å². The van der Waals surface area contributed by atoms with Crippen LogP contribution in [0.15, 0.2) is 47.7 Å². The standard InChI is InChI=1S/C25H27N3O4/c1-6-12-32-20-11-9-18(14-21(20)31-7-2)23-22(17(5)26-25(30)28-23)24(29)27-19-10-8-15(3)16(4)13-19/h1,8-11,13-14,23H,7,12H2,2-5H3,(H,27,29)(H2,26,28,30)/t23-/m0/s1. The molecule has 1 atom stereocenters. The van der Waals surface area contributed by atoms with Crippen LogP contribution in [0.4, 0.5) is 10.5 Å². The number of urea groups is 1. The molecule has 2 aromatic carbocycles. The van der Waals surface area contributed by atoms with Gasteiger partial charge in [-0.25, -0.2) is 4.79 Å². The lowest BCUT2D eigenvalue weighted by molar-refractivity contribution is -0.113. The first-order chi connectivity index (χ1) is 15.3. The zero-order valence-corrected chi connectivity index (χ0v) is 18.7. The number of nitrogens with one attached hydrogen (secondary N) is 3. The van der Waals surface area contributed by atoms with Crippen LogP contribution in [0.5, 0.6) is 11.5 Å². The molecule has 0 spiro atoms. The molecule has 3 amide bonds. The summed E-state index contributed by atoms with van der Waals surface area (Å²) < 4.78 is 11.2. The van der Waals surface area contributed by atoms with Crippen LogP contribution < -0.4 is 25.4 Å². The number of terminal acetylenes is 1. The maximum atomic E-state index is 13.2. The lowest BCUT2D eigenvalue weighted by Gasteiger charge is -2.29. The van der Waals surface area contributed by atoms with E-state index in [1.54, 1.807) is 25.1 Å². The van der Waals surface area contributed by atoms with Crippen LogP contribution in [0.25, 0.3) is 0 Å². The van der Waals surface area contributed by atoms with Gasteiger partial charge in [0.2, 0.25) is 0 Å². The summed E-state index contributed by atoms with van der Waals surface area (Å²) in [6, 6.07) is 9.91. The lowest BCUT2D eigenvalue weighted by atomic mass is 9.94. The fourth-order valence-electron chi connectivity index (χ4n) is 3.47. The highest BCUT2D eigenvalue weighted by Crippen LogP contribution is 2.35. The summed E-state index contributed by atoms with van der Waals surface area (Å²) in [5.41, 5.74) is 4.46. The van der Waals surface area contributed by atoms with Crippen molar-refractivity contribution in [1.29, 1.82) is 0 Å². The monoisotopic (exact) mass is 433 g/mol. The van der Waals surface area contributed by atoms with Gasteiger partial charge in [0, 0.05) is 11.4 Å². The van der Waals surface area contributed by atoms with E-state index in [0.29, 0.717) is 40.6 Å². The van der Waals surface area contributed by atoms with Crippen molar-refractivity contribution in [1.82, 2.24) is 10.6 Å². The highest BCUT2D eigenvalue weighted by atomic mass is 16.5. The van der Waals surface area contributed by atoms with Crippen molar-refractivity contribution < 1.29 is 19.1 Å². The highest BCUT2D eigenvalue weighted by molar-refractivity contribution is 6.06. The first-order valence-corrected chi connectivity index (χ1v) is 10.3. The molecule has 3 N–H and O–H groups in total. The summed E-state index contributed by atoms with van der Waals surface area (Å²) in [7, 11) is 0. The summed E-state index contributed by atoms with van der Waals surface area (Å²) in [5, 5.41) is 8.46. The highest BCUT2D eigenvalue weighted by Gasteiger charge is 2.32. The Hall–Kier alpha value is -3.92. The maximum absolute atomic E-state index is 13.2. The topological polar surface area (TPSA) is 88.7 Å². The molecule has 1 aliphatic rings. The number of rotatable bonds is 7. The Morgan fingerprint density at radius 1 is 1.09 bits per heavy atom. The van der Waals surface area contributed by atoms with Crippen molar-refractivity contribution in [2.75, 3.05) is 18.5 Å². The third-order valence-corrected chi connectivity index (χ3v) is 5.19. The molecule has 2 aromatic rings. The van der Waals surface area contributed by atoms with E-state index in [0.717, 1.165) is 11.1 Å². The minimum atomic E-state index is -0.670. The molecule has 0 saturated heterocycles. The largest absolute Gasteiger partial charge is 0.490 e. The predicted molar refractivity (Wildman–Crippen MR) is 124 cm³/mol. The van der Waals surface area contributed by atoms with Gasteiger partial charge < -0.3 is 25.4 Å². The summed E-state index contributed by atoms with van der Waals surface area (Å²) in [5.74, 6) is 3.09. The third-order valence-electron chi connectivity index (χ3n) is 5.19. The summed E-state index contributed by atoms with van der Waals surface area (Å²) in [4.78, 5) is 25.5. The van der Waals surface area contributed by atoms with Crippen molar-refractivity contribution in [3.8, 4) is 23.8 Å². The van der Waals surface area contributed by atoms with Gasteiger partial charge >= 0.3 is 6.03 Å². The second-order valence-electron chi connectivity index (χ2n) is 7.46. The number of allylic oxidation sites excluding steroid dienone is 1. The number of benzene rings is 2. The zero-order valence-electron chi connectivity index (χ0n) is 18.7. The molecule has 0 fully saturated rings. The second kappa shape index (κ2) is 9.92. The first-order valence-electron chi connectivity index (χ1n) is 10.3. The van der Waals surface area contributed by atoms with E-state index in [1.807, 2.05) is 39.0 Å². The molecule has 0 saturated carbocycles. The van der Waals surface area contributed by atoms with Gasteiger partial charge in [0.25, 0.3) is 5.91 Å². The molecule has 0 unspecified atom stereocenters. The van der Waals surface area contributed by atoms with Crippen LogP contribution in [-0.2, 0) is 4.79 Å². The average molecular weight is 434 g/mol. The lowest BCUT2D eigenvalue weighted by Crippen LogP contribution is -2.46. The van der Waals surface area contributed by atoms with Crippen LogP contribution in [0.1, 0.15) is 36.6 Å². The molecular formula is C25H27N3O4. The summed E-state index contributed by atoms with van der Waals surface area (Å²) in [6.45, 7) is 8.08. The van der Waals surface area contributed by atoms with Crippen molar-refractivity contribution >= 4 is 17.6 Å². The third kappa shape index (κ3) is 5.03. The number of carbonyl (C=O) groups is 2. The van der Waals surface area contributed by atoms with E-state index >= 15 is 0 Å². The molecule has 0 radical (unpaired) electrons. The molecule has 0 bridgehead atoms. The fourth-order valence-corrected chi connectivity index (χ4v) is 3.47. The van der Waals surface area contributed by atoms with E-state index in [9.17, 15) is 9.59 Å². The Kier molecular flexibility index (Phi) is 7.06. The summed E-state index contributed by atoms with van der Waals surface area (Å²) >= 11 is 0. The molecule has 7 nitrogen and oxygen atoms in total. The van der Waals surface area contributed by atoms with Crippen LogP contribution in [0.2, 0.25) is 0 Å². The molecular weight excluding hydrogens is 406 g/mol. The number of ether oxygens (including phenoxy) is 2. The number of hydrogen-bond donors (Lipinski definition) is 3. The SMILES string of the molecule is C#CCOc1ccc([C@@H]2NC(=O)NC(C)=C2C(=O)Nc2ccc(C)c(C)c2)cc1OCC. The molecule has 0 aliphatic carbocycles. The van der Waals surface area contributed by atoms with Gasteiger partial charge in [-0.05, 0) is 68.7 Å². The van der Waals surface area contributed by atoms with Gasteiger partial charge in [-0.1, -0.05) is 18.1 Å². The van der Waals surface area contributed by atoms with Crippen LogP contribution in [0.3, 0.4) is 0 Å². The molecule has 3 rings (SSSR count). The van der Waals surface area contributed by atoms with Crippen molar-refractivity contribution in [3.05, 3.63) is 64.4 Å². The molecule has 1 aliphatic heterocycles. The van der Waals surface area contributed by atoms with E-state index in [2.05, 4.69) is 21.9 Å². The van der Waals surface area contributed by atoms with Gasteiger partial charge in [0.1, 0.15) is 6.61 Å². The Labute approximate surface area is 188 Å². The Bertz CT molecular complexity index is 1110. The smallest absolute Gasteiger partial charge is 0.319 e. The van der Waals surface area contributed by atoms with Gasteiger partial charge in [-0.2, -0.15) is 0 Å². The van der Waals surface area contributed by atoms with Gasteiger partial charge in [0.05, 0.1) is 18.2 Å². The number of anilines is 1. The molecule has 32 heavy (non-hydrogen) atoms. The van der Waals surface area contributed by atoms with E-state index in [1.165, 1.54) is 0 Å². The first kappa shape index (κ1) is 22.8. The average Bonchev–Trinajstić information content (AvgIpc) is 2.75. The molecule has 0 aromatic heterocycles. The Balaban J connectivity index is 1.96. The normalized spacial score (nSPS) is 15.3. The second-order valence-corrected chi connectivity index (χ2v) is 7.46. The van der Waals surface area contributed by atoms with Crippen LogP contribution >= 0.6 is 0 Å². The van der Waals surface area contributed by atoms with E-state index in [-0.39, 0.29) is 18.5 Å². The minimum Gasteiger partial charge on any atom is -0.490 e. The number of aryl methyl sites for hydroxylation is 2. The predicted octanol–water partition coefficient (Wildman–Crippen LogP) is 3.98.